The third-order valence-electron chi connectivity index (χ3n) is 1.14. The van der Waals surface area contributed by atoms with E-state index >= 15 is 0 Å². The van der Waals surface area contributed by atoms with Crippen molar-refractivity contribution in [3.8, 4) is 5.81 Å². The minimum Gasteiger partial charge on any atom is -0.314 e. The number of hydrogen-bond acceptors (Lipinski definition) is 3. The second-order valence-corrected chi connectivity index (χ2v) is 3.66. The van der Waals surface area contributed by atoms with Crippen LogP contribution >= 0.6 is 7.60 Å². The van der Waals surface area contributed by atoms with Crippen molar-refractivity contribution in [2.24, 2.45) is 0 Å². The predicted molar refractivity (Wildman–Crippen MR) is 40.9 cm³/mol. The van der Waals surface area contributed by atoms with Gasteiger partial charge in [-0.1, -0.05) is 19.8 Å². The first-order chi connectivity index (χ1) is 5.12. The smallest absolute Gasteiger partial charge is 0.314 e. The molecule has 0 radical (unpaired) electrons. The minimum atomic E-state index is -3.91. The minimum absolute atomic E-state index is 0.190. The van der Waals surface area contributed by atoms with Crippen LogP contribution in [0.5, 0.6) is 0 Å². The first-order valence-corrected chi connectivity index (χ1v) is 5.09. The molecule has 0 bridgehead atoms. The molecule has 0 aromatic heterocycles. The second-order valence-electron chi connectivity index (χ2n) is 2.16. The molecule has 64 valence electrons. The van der Waals surface area contributed by atoms with Gasteiger partial charge in [0.25, 0.3) is 0 Å². The SMILES string of the molecule is CCCCCOP(=O)(O)C#N. The van der Waals surface area contributed by atoms with Gasteiger partial charge in [-0.05, 0) is 6.42 Å². The van der Waals surface area contributed by atoms with Crippen molar-refractivity contribution in [1.82, 2.24) is 0 Å². The Hall–Kier alpha value is -0.360. The molecule has 4 nitrogen and oxygen atoms in total. The average Bonchev–Trinajstić information content (AvgIpc) is 1.99. The molecule has 1 unspecified atom stereocenters. The van der Waals surface area contributed by atoms with Crippen molar-refractivity contribution >= 4 is 7.60 Å². The van der Waals surface area contributed by atoms with Gasteiger partial charge in [0.2, 0.25) is 0 Å². The number of unbranched alkanes of at least 4 members (excludes halogenated alkanes) is 2. The van der Waals surface area contributed by atoms with Gasteiger partial charge in [-0.3, -0.25) is 4.52 Å². The molecule has 0 saturated carbocycles. The normalized spacial score (nSPS) is 15.4. The lowest BCUT2D eigenvalue weighted by Crippen LogP contribution is -1.90. The molecular formula is C6H12NO3P. The Bertz CT molecular complexity index is 187. The number of rotatable bonds is 5. The van der Waals surface area contributed by atoms with E-state index in [1.807, 2.05) is 6.92 Å². The van der Waals surface area contributed by atoms with Crippen LogP contribution in [-0.2, 0) is 9.09 Å². The highest BCUT2D eigenvalue weighted by molar-refractivity contribution is 7.58. The van der Waals surface area contributed by atoms with Crippen molar-refractivity contribution < 1.29 is 14.0 Å². The summed E-state index contributed by atoms with van der Waals surface area (Å²) < 4.78 is 14.9. The Morgan fingerprint density at radius 2 is 2.27 bits per heavy atom. The summed E-state index contributed by atoms with van der Waals surface area (Å²) in [6.07, 6.45) is 2.69. The molecule has 0 spiro atoms. The van der Waals surface area contributed by atoms with Crippen molar-refractivity contribution in [1.29, 1.82) is 5.26 Å². The molecule has 0 aromatic carbocycles. The van der Waals surface area contributed by atoms with E-state index in [2.05, 4.69) is 4.52 Å². The van der Waals surface area contributed by atoms with Gasteiger partial charge in [0.05, 0.1) is 6.61 Å². The molecule has 0 aliphatic rings. The molecule has 0 saturated heterocycles. The molecule has 0 fully saturated rings. The summed E-state index contributed by atoms with van der Waals surface area (Å²) in [6, 6.07) is 0. The molecule has 11 heavy (non-hydrogen) atoms. The highest BCUT2D eigenvalue weighted by Crippen LogP contribution is 2.39. The molecule has 0 amide bonds. The van der Waals surface area contributed by atoms with E-state index in [0.29, 0.717) is 0 Å². The van der Waals surface area contributed by atoms with Gasteiger partial charge >= 0.3 is 7.60 Å². The third-order valence-corrected chi connectivity index (χ3v) is 1.93. The van der Waals surface area contributed by atoms with Crippen molar-refractivity contribution in [2.75, 3.05) is 6.61 Å². The molecule has 5 heteroatoms. The van der Waals surface area contributed by atoms with Gasteiger partial charge in [-0.25, -0.2) is 4.57 Å². The van der Waals surface area contributed by atoms with Crippen LogP contribution < -0.4 is 0 Å². The third kappa shape index (κ3) is 6.05. The van der Waals surface area contributed by atoms with E-state index in [1.165, 1.54) is 5.81 Å². The number of nitrogens with zero attached hydrogens (tertiary/aromatic N) is 1. The molecule has 0 aliphatic heterocycles. The maximum atomic E-state index is 10.5. The summed E-state index contributed by atoms with van der Waals surface area (Å²) in [5, 5.41) is 8.06. The largest absolute Gasteiger partial charge is 0.428 e. The second kappa shape index (κ2) is 5.31. The molecule has 1 atom stereocenters. The molecule has 0 heterocycles. The molecular weight excluding hydrogens is 165 g/mol. The Labute approximate surface area is 66.3 Å². The fourth-order valence-corrected chi connectivity index (χ4v) is 1.00. The topological polar surface area (TPSA) is 70.3 Å². The monoisotopic (exact) mass is 177 g/mol. The van der Waals surface area contributed by atoms with Crippen LogP contribution in [0, 0.1) is 11.1 Å². The van der Waals surface area contributed by atoms with Gasteiger partial charge in [-0.2, -0.15) is 5.26 Å². The fraction of sp³-hybridized carbons (Fsp3) is 0.833. The molecule has 1 N–H and O–H groups in total. The van der Waals surface area contributed by atoms with E-state index in [9.17, 15) is 4.57 Å². The van der Waals surface area contributed by atoms with Crippen LogP contribution in [-0.4, -0.2) is 11.5 Å². The zero-order chi connectivity index (χ0) is 8.74. The lowest BCUT2D eigenvalue weighted by molar-refractivity contribution is 0.263. The molecule has 0 aromatic rings. The summed E-state index contributed by atoms with van der Waals surface area (Å²) >= 11 is 0. The first-order valence-electron chi connectivity index (χ1n) is 3.51. The summed E-state index contributed by atoms with van der Waals surface area (Å²) in [7, 11) is -3.91. The van der Waals surface area contributed by atoms with Gasteiger partial charge < -0.3 is 4.89 Å². The molecule has 0 rings (SSSR count). The zero-order valence-electron chi connectivity index (χ0n) is 6.49. The maximum Gasteiger partial charge on any atom is 0.428 e. The Morgan fingerprint density at radius 1 is 1.64 bits per heavy atom. The standard InChI is InChI=1S/C6H12NO3P/c1-2-3-4-5-10-11(8,9)6-7/h2-5H2,1H3,(H,8,9). The van der Waals surface area contributed by atoms with E-state index in [-0.39, 0.29) is 6.61 Å². The van der Waals surface area contributed by atoms with Crippen LogP contribution in [0.15, 0.2) is 0 Å². The lowest BCUT2D eigenvalue weighted by Gasteiger charge is -2.02. The fourth-order valence-electron chi connectivity index (χ4n) is 0.569. The summed E-state index contributed by atoms with van der Waals surface area (Å²) in [5.74, 6) is 1.21. The first kappa shape index (κ1) is 10.6. The van der Waals surface area contributed by atoms with E-state index in [4.69, 9.17) is 10.2 Å². The van der Waals surface area contributed by atoms with Crippen molar-refractivity contribution in [3.05, 3.63) is 0 Å². The van der Waals surface area contributed by atoms with Gasteiger partial charge in [-0.15, -0.1) is 0 Å². The summed E-state index contributed by atoms with van der Waals surface area (Å²) in [4.78, 5) is 8.59. The average molecular weight is 177 g/mol. The van der Waals surface area contributed by atoms with Crippen molar-refractivity contribution in [3.63, 3.8) is 0 Å². The number of hydrogen-bond donors (Lipinski definition) is 1. The molecule has 0 aliphatic carbocycles. The van der Waals surface area contributed by atoms with Gasteiger partial charge in [0, 0.05) is 0 Å². The zero-order valence-corrected chi connectivity index (χ0v) is 7.38. The Kier molecular flexibility index (Phi) is 5.14. The maximum absolute atomic E-state index is 10.5. The van der Waals surface area contributed by atoms with Crippen LogP contribution in [0.1, 0.15) is 26.2 Å². The van der Waals surface area contributed by atoms with Crippen LogP contribution in [0.2, 0.25) is 0 Å². The Balaban J connectivity index is 3.41. The van der Waals surface area contributed by atoms with E-state index in [0.717, 1.165) is 19.3 Å². The summed E-state index contributed by atoms with van der Waals surface area (Å²) in [5.41, 5.74) is 0. The lowest BCUT2D eigenvalue weighted by atomic mass is 10.3. The Morgan fingerprint density at radius 3 is 2.73 bits per heavy atom. The van der Waals surface area contributed by atoms with Crippen LogP contribution in [0.25, 0.3) is 0 Å². The quantitative estimate of drug-likeness (QED) is 0.514. The van der Waals surface area contributed by atoms with Crippen LogP contribution in [0.4, 0.5) is 0 Å². The van der Waals surface area contributed by atoms with Crippen molar-refractivity contribution in [2.45, 2.75) is 26.2 Å². The highest BCUT2D eigenvalue weighted by Gasteiger charge is 2.16. The highest BCUT2D eigenvalue weighted by atomic mass is 31.2. The van der Waals surface area contributed by atoms with Gasteiger partial charge in [0.15, 0.2) is 5.81 Å². The van der Waals surface area contributed by atoms with Gasteiger partial charge in [0.1, 0.15) is 0 Å². The van der Waals surface area contributed by atoms with E-state index in [1.54, 1.807) is 0 Å². The van der Waals surface area contributed by atoms with E-state index < -0.39 is 7.60 Å². The summed E-state index contributed by atoms with van der Waals surface area (Å²) in [6.45, 7) is 2.21. The van der Waals surface area contributed by atoms with Crippen LogP contribution in [0.3, 0.4) is 0 Å². The predicted octanol–water partition coefficient (Wildman–Crippen LogP) is 1.86. The number of nitriles is 1.